The first-order valence-electron chi connectivity index (χ1n) is 7.68. The summed E-state index contributed by atoms with van der Waals surface area (Å²) in [7, 11) is 1.25. The third kappa shape index (κ3) is 4.62. The van der Waals surface area contributed by atoms with Gasteiger partial charge in [0.1, 0.15) is 10.0 Å². The minimum Gasteiger partial charge on any atom is -0.334 e. The minimum absolute atomic E-state index is 0.195. The second kappa shape index (κ2) is 7.72. The van der Waals surface area contributed by atoms with Crippen LogP contribution in [0.1, 0.15) is 22.9 Å². The second-order valence-corrected chi connectivity index (χ2v) is 9.42. The quantitative estimate of drug-likeness (QED) is 0.795. The van der Waals surface area contributed by atoms with Crippen molar-refractivity contribution in [1.29, 1.82) is 0 Å². The number of hydrogen-bond donors (Lipinski definition) is 1. The molecule has 1 saturated heterocycles. The lowest BCUT2D eigenvalue weighted by atomic mass is 10.1. The number of piperidine rings is 1. The van der Waals surface area contributed by atoms with Gasteiger partial charge >= 0.3 is 6.03 Å². The van der Waals surface area contributed by atoms with Gasteiger partial charge in [0.2, 0.25) is 0 Å². The van der Waals surface area contributed by atoms with Crippen LogP contribution in [0.4, 0.5) is 4.79 Å². The molecule has 1 aromatic heterocycles. The number of urea groups is 1. The number of aryl methyl sites for hydroxylation is 1. The fourth-order valence-electron chi connectivity index (χ4n) is 2.46. The van der Waals surface area contributed by atoms with Crippen LogP contribution in [0.3, 0.4) is 0 Å². The van der Waals surface area contributed by atoms with Gasteiger partial charge in [0.25, 0.3) is 10.2 Å². The zero-order valence-electron chi connectivity index (χ0n) is 14.4. The highest BCUT2D eigenvalue weighted by Crippen LogP contribution is 2.16. The Labute approximate surface area is 146 Å². The van der Waals surface area contributed by atoms with E-state index in [9.17, 15) is 13.2 Å². The summed E-state index contributed by atoms with van der Waals surface area (Å²) in [5.74, 6) is 0. The fraction of sp³-hybridized carbons (Fsp3) is 0.769. The number of nitrogens with zero attached hydrogens (tertiary/aromatic N) is 5. The van der Waals surface area contributed by atoms with Gasteiger partial charge in [-0.3, -0.25) is 0 Å². The third-order valence-corrected chi connectivity index (χ3v) is 6.52. The Morgan fingerprint density at radius 1 is 1.38 bits per heavy atom. The smallest absolute Gasteiger partial charge is 0.317 e. The van der Waals surface area contributed by atoms with Crippen LogP contribution < -0.4 is 5.32 Å². The molecule has 136 valence electrons. The predicted molar refractivity (Wildman–Crippen MR) is 91.8 cm³/mol. The van der Waals surface area contributed by atoms with Gasteiger partial charge in [-0.05, 0) is 19.8 Å². The van der Waals surface area contributed by atoms with E-state index in [1.165, 1.54) is 38.9 Å². The molecule has 1 aliphatic rings. The van der Waals surface area contributed by atoms with Crippen LogP contribution in [0, 0.1) is 6.92 Å². The lowest BCUT2D eigenvalue weighted by Crippen LogP contribution is -2.53. The summed E-state index contributed by atoms with van der Waals surface area (Å²) in [5.41, 5.74) is 0. The summed E-state index contributed by atoms with van der Waals surface area (Å²) in [4.78, 5) is 13.8. The fourth-order valence-corrected chi connectivity index (χ4v) is 4.41. The maximum Gasteiger partial charge on any atom is 0.317 e. The molecule has 2 amide bonds. The monoisotopic (exact) mass is 376 g/mol. The van der Waals surface area contributed by atoms with Crippen LogP contribution in [-0.2, 0) is 16.8 Å². The molecule has 1 N–H and O–H groups in total. The van der Waals surface area contributed by atoms with E-state index in [-0.39, 0.29) is 18.6 Å². The molecule has 0 unspecified atom stereocenters. The summed E-state index contributed by atoms with van der Waals surface area (Å²) < 4.78 is 27.0. The summed E-state index contributed by atoms with van der Waals surface area (Å²) in [5, 5.41) is 12.5. The molecule has 1 fully saturated rings. The SMILES string of the molecule is Cc1nnc(CN(C)C(=O)N[C@@H]2CCCN(S(=O)(=O)N(C)C)C2)s1. The standard InChI is InChI=1S/C13H24N6O3S2/c1-10-15-16-12(23-10)9-18(4)13(20)14-11-6-5-7-19(8-11)24(21,22)17(2)3/h11H,5-9H2,1-4H3,(H,14,20)/t11-/m1/s1. The van der Waals surface area contributed by atoms with E-state index in [4.69, 9.17) is 0 Å². The summed E-state index contributed by atoms with van der Waals surface area (Å²) in [6.07, 6.45) is 1.48. The number of hydrogen-bond acceptors (Lipinski definition) is 6. The molecule has 1 aliphatic heterocycles. The maximum absolute atomic E-state index is 12.3. The van der Waals surface area contributed by atoms with Crippen LogP contribution in [0.5, 0.6) is 0 Å². The Morgan fingerprint density at radius 3 is 2.67 bits per heavy atom. The highest BCUT2D eigenvalue weighted by atomic mass is 32.2. The van der Waals surface area contributed by atoms with Crippen molar-refractivity contribution >= 4 is 27.6 Å². The first-order valence-corrected chi connectivity index (χ1v) is 9.89. The van der Waals surface area contributed by atoms with Gasteiger partial charge in [0.15, 0.2) is 0 Å². The molecule has 0 saturated carbocycles. The number of carbonyl (C=O) groups is 1. The number of nitrogens with one attached hydrogen (secondary N) is 1. The van der Waals surface area contributed by atoms with Crippen molar-refractivity contribution in [3.05, 3.63) is 10.0 Å². The van der Waals surface area contributed by atoms with E-state index in [0.29, 0.717) is 13.1 Å². The zero-order valence-corrected chi connectivity index (χ0v) is 16.0. The van der Waals surface area contributed by atoms with Crippen molar-refractivity contribution < 1.29 is 13.2 Å². The number of rotatable bonds is 5. The largest absolute Gasteiger partial charge is 0.334 e. The number of carbonyl (C=O) groups excluding carboxylic acids is 1. The number of aromatic nitrogens is 2. The van der Waals surface area contributed by atoms with Gasteiger partial charge in [0, 0.05) is 40.3 Å². The molecule has 9 nitrogen and oxygen atoms in total. The summed E-state index contributed by atoms with van der Waals surface area (Å²) in [6, 6.07) is -0.434. The molecule has 0 bridgehead atoms. The Morgan fingerprint density at radius 2 is 2.08 bits per heavy atom. The van der Waals surface area contributed by atoms with Crippen molar-refractivity contribution in [2.75, 3.05) is 34.2 Å². The van der Waals surface area contributed by atoms with E-state index >= 15 is 0 Å². The van der Waals surface area contributed by atoms with Crippen LogP contribution in [0.15, 0.2) is 0 Å². The van der Waals surface area contributed by atoms with Crippen LogP contribution in [0.2, 0.25) is 0 Å². The highest BCUT2D eigenvalue weighted by Gasteiger charge is 2.31. The van der Waals surface area contributed by atoms with E-state index < -0.39 is 10.2 Å². The number of amides is 2. The molecule has 0 aromatic carbocycles. The predicted octanol–water partition coefficient (Wildman–Crippen LogP) is 0.259. The van der Waals surface area contributed by atoms with Crippen LogP contribution in [-0.4, -0.2) is 78.4 Å². The third-order valence-electron chi connectivity index (χ3n) is 3.79. The minimum atomic E-state index is -3.45. The Hall–Kier alpha value is -1.30. The molecule has 0 spiro atoms. The van der Waals surface area contributed by atoms with Crippen molar-refractivity contribution in [2.24, 2.45) is 0 Å². The summed E-state index contributed by atoms with van der Waals surface area (Å²) in [6.45, 7) is 3.01. The molecule has 2 heterocycles. The molecule has 2 rings (SSSR count). The molecule has 11 heteroatoms. The molecule has 0 radical (unpaired) electrons. The topological polar surface area (TPSA) is 98.7 Å². The molecule has 0 aliphatic carbocycles. The van der Waals surface area contributed by atoms with Crippen molar-refractivity contribution in [2.45, 2.75) is 32.4 Å². The lowest BCUT2D eigenvalue weighted by molar-refractivity contribution is 0.193. The Balaban J connectivity index is 1.91. The van der Waals surface area contributed by atoms with E-state index in [1.807, 2.05) is 6.92 Å². The molecule has 1 aromatic rings. The Bertz CT molecular complexity index is 675. The average Bonchev–Trinajstić information content (AvgIpc) is 2.92. The average molecular weight is 377 g/mol. The van der Waals surface area contributed by atoms with Gasteiger partial charge in [0.05, 0.1) is 6.54 Å². The Kier molecular flexibility index (Phi) is 6.12. The highest BCUT2D eigenvalue weighted by molar-refractivity contribution is 7.86. The van der Waals surface area contributed by atoms with Crippen molar-refractivity contribution in [1.82, 2.24) is 29.0 Å². The maximum atomic E-state index is 12.3. The second-order valence-electron chi connectivity index (χ2n) is 6.01. The van der Waals surface area contributed by atoms with E-state index in [0.717, 1.165) is 22.9 Å². The van der Waals surface area contributed by atoms with Gasteiger partial charge in [-0.2, -0.15) is 17.0 Å². The van der Waals surface area contributed by atoms with Gasteiger partial charge in [-0.25, -0.2) is 4.79 Å². The molecule has 1 atom stereocenters. The van der Waals surface area contributed by atoms with Crippen molar-refractivity contribution in [3.8, 4) is 0 Å². The van der Waals surface area contributed by atoms with Gasteiger partial charge < -0.3 is 10.2 Å². The lowest BCUT2D eigenvalue weighted by Gasteiger charge is -2.34. The molecular weight excluding hydrogens is 352 g/mol. The van der Waals surface area contributed by atoms with E-state index in [1.54, 1.807) is 7.05 Å². The van der Waals surface area contributed by atoms with Gasteiger partial charge in [-0.1, -0.05) is 11.3 Å². The molecular formula is C13H24N6O3S2. The van der Waals surface area contributed by atoms with E-state index in [2.05, 4.69) is 15.5 Å². The first-order chi connectivity index (χ1) is 11.2. The van der Waals surface area contributed by atoms with Crippen molar-refractivity contribution in [3.63, 3.8) is 0 Å². The van der Waals surface area contributed by atoms with Crippen LogP contribution >= 0.6 is 11.3 Å². The van der Waals surface area contributed by atoms with Gasteiger partial charge in [-0.15, -0.1) is 10.2 Å². The molecule has 24 heavy (non-hydrogen) atoms. The first kappa shape index (κ1) is 19.0. The van der Waals surface area contributed by atoms with Crippen LogP contribution in [0.25, 0.3) is 0 Å². The summed E-state index contributed by atoms with van der Waals surface area (Å²) >= 11 is 1.45. The zero-order chi connectivity index (χ0) is 17.9. The normalized spacial score (nSPS) is 19.5.